The van der Waals surface area contributed by atoms with E-state index in [4.69, 9.17) is 18.8 Å². The summed E-state index contributed by atoms with van der Waals surface area (Å²) < 4.78 is 41.4. The van der Waals surface area contributed by atoms with E-state index in [1.165, 1.54) is 6.08 Å². The first-order chi connectivity index (χ1) is 21.5. The number of hydrogen-bond acceptors (Lipinski definition) is 6. The molecule has 2 aliphatic heterocycles. The van der Waals surface area contributed by atoms with Crippen LogP contribution in [0.1, 0.15) is 96.1 Å². The van der Waals surface area contributed by atoms with Crippen LogP contribution in [0.2, 0.25) is 0 Å². The van der Waals surface area contributed by atoms with E-state index in [9.17, 15) is 4.79 Å². The molecule has 2 saturated heterocycles. The molecule has 6 rings (SSSR count). The van der Waals surface area contributed by atoms with Crippen LogP contribution in [0.3, 0.4) is 0 Å². The van der Waals surface area contributed by atoms with E-state index in [-0.39, 0.29) is 17.6 Å². The molecule has 1 atom stereocenters. The van der Waals surface area contributed by atoms with Crippen LogP contribution < -0.4 is 0 Å². The Bertz CT molecular complexity index is 1580. The first-order valence-electron chi connectivity index (χ1n) is 16.3. The smallest absolute Gasteiger partial charge is 0.457 e. The number of benzene rings is 2. The standard InChI is InChI=1S/C36H44BFN2O5/c1-35(2,3)45-31(41)19-14-24-12-15-25(16-13-24)32(33(26-9-8-10-26)37-43-22-36(4,5)23-44-37)27-17-18-29-28(21-27)34(38)39-40(29)30-11-6-7-20-42-30/h12-19,21,26,30H,6-11,20,22-23H2,1-5H3/b19-14+,33-32+. The van der Waals surface area contributed by atoms with Crippen molar-refractivity contribution >= 4 is 35.6 Å². The van der Waals surface area contributed by atoms with Gasteiger partial charge < -0.3 is 18.8 Å². The maximum atomic E-state index is 15.5. The highest BCUT2D eigenvalue weighted by Gasteiger charge is 2.41. The fourth-order valence-electron chi connectivity index (χ4n) is 6.26. The summed E-state index contributed by atoms with van der Waals surface area (Å²) in [7, 11) is -0.482. The molecule has 0 spiro atoms. The van der Waals surface area contributed by atoms with Crippen molar-refractivity contribution in [3.05, 3.63) is 76.7 Å². The molecule has 7 nitrogen and oxygen atoms in total. The number of aromatic nitrogens is 2. The summed E-state index contributed by atoms with van der Waals surface area (Å²) in [5.74, 6) is -0.583. The van der Waals surface area contributed by atoms with E-state index in [0.717, 1.165) is 71.8 Å². The SMILES string of the molecule is CC1(C)COB(/C(=C(\c2ccc(/C=C/C(=O)OC(C)(C)C)cc2)c2ccc3c(c2)c(F)nn3C2CCCCO2)C2CCC2)OC1. The molecule has 9 heteroatoms. The molecule has 0 radical (unpaired) electrons. The van der Waals surface area contributed by atoms with Crippen LogP contribution in [0.5, 0.6) is 0 Å². The van der Waals surface area contributed by atoms with Crippen molar-refractivity contribution in [3.8, 4) is 0 Å². The van der Waals surface area contributed by atoms with Crippen LogP contribution in [0.25, 0.3) is 22.6 Å². The van der Waals surface area contributed by atoms with Gasteiger partial charge in [0, 0.05) is 31.3 Å². The molecule has 0 bridgehead atoms. The zero-order valence-corrected chi connectivity index (χ0v) is 27.1. The Morgan fingerprint density at radius 3 is 2.36 bits per heavy atom. The number of ether oxygens (including phenoxy) is 2. The van der Waals surface area contributed by atoms with Gasteiger partial charge >= 0.3 is 13.1 Å². The van der Waals surface area contributed by atoms with E-state index in [1.807, 2.05) is 45.0 Å². The predicted octanol–water partition coefficient (Wildman–Crippen LogP) is 7.93. The molecular weight excluding hydrogens is 570 g/mol. The number of nitrogens with zero attached hydrogens (tertiary/aromatic N) is 2. The maximum Gasteiger partial charge on any atom is 0.490 e. The third kappa shape index (κ3) is 7.26. The Morgan fingerprint density at radius 2 is 1.73 bits per heavy atom. The molecule has 1 aliphatic carbocycles. The molecule has 238 valence electrons. The van der Waals surface area contributed by atoms with E-state index in [1.54, 1.807) is 10.8 Å². The fraction of sp³-hybridized carbons (Fsp3) is 0.500. The fourth-order valence-corrected chi connectivity index (χ4v) is 6.26. The Hall–Kier alpha value is -3.27. The highest BCUT2D eigenvalue weighted by molar-refractivity contribution is 6.56. The minimum absolute atomic E-state index is 0.0681. The Morgan fingerprint density at radius 1 is 1.02 bits per heavy atom. The summed E-state index contributed by atoms with van der Waals surface area (Å²) in [6.45, 7) is 11.7. The van der Waals surface area contributed by atoms with Gasteiger partial charge in [0.25, 0.3) is 0 Å². The molecule has 1 saturated carbocycles. The largest absolute Gasteiger partial charge is 0.490 e. The first kappa shape index (κ1) is 31.7. The van der Waals surface area contributed by atoms with Crippen LogP contribution in [-0.4, -0.2) is 48.3 Å². The average molecular weight is 615 g/mol. The van der Waals surface area contributed by atoms with Gasteiger partial charge in [-0.3, -0.25) is 0 Å². The van der Waals surface area contributed by atoms with Crippen molar-refractivity contribution in [2.45, 2.75) is 85.0 Å². The zero-order chi connectivity index (χ0) is 31.8. The van der Waals surface area contributed by atoms with Crippen molar-refractivity contribution < 1.29 is 28.0 Å². The normalized spacial score (nSPS) is 21.6. The van der Waals surface area contributed by atoms with Gasteiger partial charge in [0.05, 0.1) is 10.9 Å². The van der Waals surface area contributed by atoms with Crippen LogP contribution in [0.4, 0.5) is 4.39 Å². The summed E-state index contributed by atoms with van der Waals surface area (Å²) in [6.07, 6.45) is 9.06. The lowest BCUT2D eigenvalue weighted by Gasteiger charge is -2.39. The van der Waals surface area contributed by atoms with Gasteiger partial charge in [-0.1, -0.05) is 50.6 Å². The molecule has 3 heterocycles. The van der Waals surface area contributed by atoms with Crippen LogP contribution >= 0.6 is 0 Å². The van der Waals surface area contributed by atoms with Crippen molar-refractivity contribution in [3.63, 3.8) is 0 Å². The lowest BCUT2D eigenvalue weighted by atomic mass is 9.59. The topological polar surface area (TPSA) is 71.8 Å². The molecule has 3 aromatic rings. The van der Waals surface area contributed by atoms with Gasteiger partial charge in [0.15, 0.2) is 6.23 Å². The summed E-state index contributed by atoms with van der Waals surface area (Å²) in [5.41, 5.74) is 4.95. The van der Waals surface area contributed by atoms with E-state index in [0.29, 0.717) is 31.1 Å². The van der Waals surface area contributed by atoms with Crippen LogP contribution in [0.15, 0.2) is 54.0 Å². The second kappa shape index (κ2) is 12.9. The molecule has 3 fully saturated rings. The van der Waals surface area contributed by atoms with E-state index >= 15 is 4.39 Å². The molecule has 0 N–H and O–H groups in total. The second-order valence-electron chi connectivity index (χ2n) is 14.4. The first-order valence-corrected chi connectivity index (χ1v) is 16.3. The summed E-state index contributed by atoms with van der Waals surface area (Å²) >= 11 is 0. The number of hydrogen-bond donors (Lipinski definition) is 0. The molecule has 45 heavy (non-hydrogen) atoms. The number of esters is 1. The number of carbonyl (C=O) groups is 1. The Kier molecular flexibility index (Phi) is 9.06. The van der Waals surface area contributed by atoms with Crippen LogP contribution in [0, 0.1) is 17.3 Å². The van der Waals surface area contributed by atoms with Crippen molar-refractivity contribution in [2.24, 2.45) is 11.3 Å². The number of rotatable bonds is 7. The highest BCUT2D eigenvalue weighted by Crippen LogP contribution is 2.43. The monoisotopic (exact) mass is 614 g/mol. The molecule has 1 aromatic heterocycles. The van der Waals surface area contributed by atoms with Gasteiger partial charge in [-0.25, -0.2) is 9.48 Å². The number of halogens is 1. The minimum Gasteiger partial charge on any atom is -0.457 e. The minimum atomic E-state index is -0.554. The summed E-state index contributed by atoms with van der Waals surface area (Å²) in [5, 5.41) is 4.75. The Balaban J connectivity index is 1.42. The zero-order valence-electron chi connectivity index (χ0n) is 27.1. The highest BCUT2D eigenvalue weighted by atomic mass is 19.1. The molecular formula is C36H44BFN2O5. The Labute approximate surface area is 265 Å². The number of fused-ring (bicyclic) bond motifs is 1. The van der Waals surface area contributed by atoms with Gasteiger partial charge in [-0.05, 0) is 105 Å². The van der Waals surface area contributed by atoms with E-state index in [2.05, 4.69) is 37.1 Å². The van der Waals surface area contributed by atoms with Crippen LogP contribution in [-0.2, 0) is 23.6 Å². The van der Waals surface area contributed by atoms with Crippen molar-refractivity contribution in [2.75, 3.05) is 19.8 Å². The number of allylic oxidation sites excluding steroid dienone is 1. The summed E-state index contributed by atoms with van der Waals surface area (Å²) in [4.78, 5) is 12.3. The lowest BCUT2D eigenvalue weighted by molar-refractivity contribution is -0.148. The lowest BCUT2D eigenvalue weighted by Crippen LogP contribution is -2.44. The molecule has 2 aromatic carbocycles. The van der Waals surface area contributed by atoms with Crippen molar-refractivity contribution in [1.82, 2.24) is 9.78 Å². The van der Waals surface area contributed by atoms with Gasteiger partial charge in [0.1, 0.15) is 5.60 Å². The average Bonchev–Trinajstić information content (AvgIpc) is 3.31. The second-order valence-corrected chi connectivity index (χ2v) is 14.4. The summed E-state index contributed by atoms with van der Waals surface area (Å²) in [6, 6.07) is 14.0. The quantitative estimate of drug-likeness (QED) is 0.153. The van der Waals surface area contributed by atoms with E-state index < -0.39 is 18.7 Å². The van der Waals surface area contributed by atoms with Crippen molar-refractivity contribution in [1.29, 1.82) is 0 Å². The molecule has 1 unspecified atom stereocenters. The molecule has 3 aliphatic rings. The number of carbonyl (C=O) groups excluding carboxylic acids is 1. The van der Waals surface area contributed by atoms with Gasteiger partial charge in [0.2, 0.25) is 5.95 Å². The predicted molar refractivity (Wildman–Crippen MR) is 175 cm³/mol. The third-order valence-corrected chi connectivity index (χ3v) is 8.73. The van der Waals surface area contributed by atoms with Gasteiger partial charge in [-0.15, -0.1) is 5.10 Å². The third-order valence-electron chi connectivity index (χ3n) is 8.73. The molecule has 0 amide bonds. The van der Waals surface area contributed by atoms with Gasteiger partial charge in [-0.2, -0.15) is 4.39 Å². The maximum absolute atomic E-state index is 15.5.